The van der Waals surface area contributed by atoms with Gasteiger partial charge in [-0.25, -0.2) is 0 Å². The largest absolute Gasteiger partial charge is 0.466 e. The van der Waals surface area contributed by atoms with Crippen molar-refractivity contribution in [3.05, 3.63) is 29.3 Å². The highest BCUT2D eigenvalue weighted by Gasteiger charge is 2.73. The monoisotopic (exact) mass is 474 g/mol. The first-order chi connectivity index (χ1) is 15.9. The number of carbonyl (C=O) groups is 3. The summed E-state index contributed by atoms with van der Waals surface area (Å²) in [5.74, 6) is -1.61. The standard InChI is InChI=1S/C25H34N2O5S/c1-4-32-24(31)18-17-11-12-25(33-17)19(18)23(30)27(13-6-5-7-14-28)21(25)22(29)26-20-15(2)9-8-10-16(20)3/h8-10,17-19,21,28H,4-7,11-14H2,1-3H3,(H,26,29)/t17-,18+,19+,21?,25?/m1/s1. The number of carbonyl (C=O) groups excluding carboxylic acids is 3. The van der Waals surface area contributed by atoms with E-state index in [1.807, 2.05) is 32.0 Å². The first kappa shape index (κ1) is 24.1. The fourth-order valence-electron chi connectivity index (χ4n) is 5.97. The summed E-state index contributed by atoms with van der Waals surface area (Å²) in [4.78, 5) is 42.1. The number of ether oxygens (including phenoxy) is 1. The smallest absolute Gasteiger partial charge is 0.310 e. The average Bonchev–Trinajstić information content (AvgIpc) is 3.41. The molecule has 2 N–H and O–H groups in total. The van der Waals surface area contributed by atoms with E-state index in [0.29, 0.717) is 19.4 Å². The zero-order valence-corrected chi connectivity index (χ0v) is 20.5. The van der Waals surface area contributed by atoms with Crippen molar-refractivity contribution in [3.8, 4) is 0 Å². The minimum atomic E-state index is -0.627. The van der Waals surface area contributed by atoms with Crippen molar-refractivity contribution in [3.63, 3.8) is 0 Å². The van der Waals surface area contributed by atoms with Gasteiger partial charge in [0.15, 0.2) is 0 Å². The Morgan fingerprint density at radius 2 is 1.97 bits per heavy atom. The number of fused-ring (bicyclic) bond motifs is 1. The lowest BCUT2D eigenvalue weighted by Crippen LogP contribution is -2.51. The molecule has 2 unspecified atom stereocenters. The van der Waals surface area contributed by atoms with Crippen LogP contribution in [0.1, 0.15) is 50.2 Å². The molecule has 2 amide bonds. The number of hydrogen-bond acceptors (Lipinski definition) is 6. The maximum absolute atomic E-state index is 13.8. The third-order valence-electron chi connectivity index (χ3n) is 7.39. The molecule has 0 aromatic heterocycles. The van der Waals surface area contributed by atoms with Gasteiger partial charge in [0.1, 0.15) is 6.04 Å². The molecule has 8 heteroatoms. The second kappa shape index (κ2) is 9.66. The van der Waals surface area contributed by atoms with E-state index in [-0.39, 0.29) is 36.2 Å². The van der Waals surface area contributed by atoms with Gasteiger partial charge < -0.3 is 20.1 Å². The van der Waals surface area contributed by atoms with Gasteiger partial charge in [-0.2, -0.15) is 0 Å². The number of hydrogen-bond donors (Lipinski definition) is 2. The quantitative estimate of drug-likeness (QED) is 0.422. The summed E-state index contributed by atoms with van der Waals surface area (Å²) in [6, 6.07) is 5.25. The third kappa shape index (κ3) is 4.05. The van der Waals surface area contributed by atoms with Crippen LogP contribution in [0.15, 0.2) is 18.2 Å². The van der Waals surface area contributed by atoms with Crippen LogP contribution in [0.5, 0.6) is 0 Å². The predicted octanol–water partition coefficient (Wildman–Crippen LogP) is 3.06. The Bertz CT molecular complexity index is 917. The number of aliphatic hydroxyl groups is 1. The van der Waals surface area contributed by atoms with Crippen molar-refractivity contribution < 1.29 is 24.2 Å². The topological polar surface area (TPSA) is 95.9 Å². The van der Waals surface area contributed by atoms with E-state index in [9.17, 15) is 14.4 Å². The molecule has 33 heavy (non-hydrogen) atoms. The number of nitrogens with one attached hydrogen (secondary N) is 1. The van der Waals surface area contributed by atoms with Gasteiger partial charge in [0.2, 0.25) is 11.8 Å². The molecular weight excluding hydrogens is 440 g/mol. The molecule has 3 saturated heterocycles. The second-order valence-electron chi connectivity index (χ2n) is 9.38. The highest BCUT2D eigenvalue weighted by Crippen LogP contribution is 2.66. The number of amides is 2. The van der Waals surface area contributed by atoms with Crippen molar-refractivity contribution in [2.24, 2.45) is 11.8 Å². The van der Waals surface area contributed by atoms with Gasteiger partial charge in [-0.3, -0.25) is 14.4 Å². The molecule has 1 aromatic carbocycles. The van der Waals surface area contributed by atoms with E-state index in [1.54, 1.807) is 23.6 Å². The first-order valence-electron chi connectivity index (χ1n) is 12.0. The van der Waals surface area contributed by atoms with Gasteiger partial charge in [0.05, 0.1) is 23.2 Å². The van der Waals surface area contributed by atoms with Crippen molar-refractivity contribution in [2.75, 3.05) is 25.1 Å². The maximum Gasteiger partial charge on any atom is 0.310 e. The molecule has 1 spiro atoms. The van der Waals surface area contributed by atoms with Crippen LogP contribution in [-0.4, -0.2) is 63.6 Å². The van der Waals surface area contributed by atoms with Crippen LogP contribution in [0, 0.1) is 25.7 Å². The number of benzene rings is 1. The van der Waals surface area contributed by atoms with Gasteiger partial charge >= 0.3 is 5.97 Å². The van der Waals surface area contributed by atoms with E-state index >= 15 is 0 Å². The van der Waals surface area contributed by atoms with E-state index in [1.165, 1.54) is 0 Å². The van der Waals surface area contributed by atoms with Crippen LogP contribution in [0.3, 0.4) is 0 Å². The molecule has 7 nitrogen and oxygen atoms in total. The van der Waals surface area contributed by atoms with Crippen LogP contribution in [0.2, 0.25) is 0 Å². The normalized spacial score (nSPS) is 29.9. The Morgan fingerprint density at radius 3 is 2.64 bits per heavy atom. The van der Waals surface area contributed by atoms with E-state index in [2.05, 4.69) is 5.32 Å². The number of esters is 1. The van der Waals surface area contributed by atoms with Gasteiger partial charge in [-0.1, -0.05) is 18.2 Å². The molecule has 180 valence electrons. The summed E-state index contributed by atoms with van der Waals surface area (Å²) in [5.41, 5.74) is 2.74. The molecule has 3 aliphatic rings. The molecule has 0 saturated carbocycles. The van der Waals surface area contributed by atoms with Crippen LogP contribution in [0.25, 0.3) is 0 Å². The number of aryl methyl sites for hydroxylation is 2. The Morgan fingerprint density at radius 1 is 1.24 bits per heavy atom. The van der Waals surface area contributed by atoms with Crippen molar-refractivity contribution in [1.82, 2.24) is 4.90 Å². The van der Waals surface area contributed by atoms with E-state index < -0.39 is 22.6 Å². The van der Waals surface area contributed by atoms with Gasteiger partial charge in [-0.15, -0.1) is 11.8 Å². The highest BCUT2D eigenvalue weighted by atomic mass is 32.2. The zero-order chi connectivity index (χ0) is 23.8. The zero-order valence-electron chi connectivity index (χ0n) is 19.6. The molecule has 0 radical (unpaired) electrons. The summed E-state index contributed by atoms with van der Waals surface area (Å²) >= 11 is 1.65. The minimum absolute atomic E-state index is 0.0186. The van der Waals surface area contributed by atoms with Crippen molar-refractivity contribution in [2.45, 2.75) is 68.9 Å². The lowest BCUT2D eigenvalue weighted by atomic mass is 9.71. The number of rotatable bonds is 9. The number of thioether (sulfide) groups is 1. The molecule has 3 fully saturated rings. The minimum Gasteiger partial charge on any atom is -0.466 e. The lowest BCUT2D eigenvalue weighted by Gasteiger charge is -2.34. The second-order valence-corrected chi connectivity index (χ2v) is 11.0. The Balaban J connectivity index is 1.67. The van der Waals surface area contributed by atoms with E-state index in [4.69, 9.17) is 9.84 Å². The number of para-hydroxylation sites is 1. The highest BCUT2D eigenvalue weighted by molar-refractivity contribution is 8.02. The van der Waals surface area contributed by atoms with Crippen LogP contribution in [0.4, 0.5) is 5.69 Å². The van der Waals surface area contributed by atoms with Gasteiger partial charge in [0.25, 0.3) is 0 Å². The fraction of sp³-hybridized carbons (Fsp3) is 0.640. The molecule has 1 aromatic rings. The fourth-order valence-corrected chi connectivity index (χ4v) is 8.18. The summed E-state index contributed by atoms with van der Waals surface area (Å²) in [6.45, 7) is 6.54. The molecule has 0 aliphatic carbocycles. The Kier molecular flexibility index (Phi) is 7.05. The summed E-state index contributed by atoms with van der Waals surface area (Å²) in [6.07, 6.45) is 3.70. The Hall–Kier alpha value is -2.06. The number of likely N-dealkylation sites (tertiary alicyclic amines) is 1. The molecule has 3 aliphatic heterocycles. The number of anilines is 1. The predicted molar refractivity (Wildman–Crippen MR) is 128 cm³/mol. The van der Waals surface area contributed by atoms with Crippen LogP contribution in [-0.2, 0) is 19.1 Å². The molecule has 4 rings (SSSR count). The average molecular weight is 475 g/mol. The molecule has 3 heterocycles. The number of unbranched alkanes of at least 4 members (excludes halogenated alkanes) is 2. The van der Waals surface area contributed by atoms with Crippen LogP contribution < -0.4 is 5.32 Å². The summed E-state index contributed by atoms with van der Waals surface area (Å²) in [5, 5.41) is 12.3. The third-order valence-corrected chi connectivity index (χ3v) is 9.35. The van der Waals surface area contributed by atoms with Crippen LogP contribution >= 0.6 is 11.8 Å². The maximum atomic E-state index is 13.8. The first-order valence-corrected chi connectivity index (χ1v) is 12.9. The SMILES string of the molecule is CCOC(=O)[C@@H]1[C@H]2C(=O)N(CCCCCO)C(C(=O)Nc3c(C)cccc3C)C23CC[C@H]1S3. The van der Waals surface area contributed by atoms with E-state index in [0.717, 1.165) is 36.1 Å². The lowest BCUT2D eigenvalue weighted by molar-refractivity contribution is -0.153. The molecule has 2 bridgehead atoms. The Labute approximate surface area is 199 Å². The summed E-state index contributed by atoms with van der Waals surface area (Å²) in [7, 11) is 0. The number of nitrogens with zero attached hydrogens (tertiary/aromatic N) is 1. The number of aliphatic hydroxyl groups excluding tert-OH is 1. The van der Waals surface area contributed by atoms with Gasteiger partial charge in [-0.05, 0) is 64.0 Å². The van der Waals surface area contributed by atoms with Crippen molar-refractivity contribution in [1.29, 1.82) is 0 Å². The molecular formula is C25H34N2O5S. The molecule has 5 atom stereocenters. The summed E-state index contributed by atoms with van der Waals surface area (Å²) < 4.78 is 4.75. The van der Waals surface area contributed by atoms with Gasteiger partial charge in [0, 0.05) is 24.1 Å². The van der Waals surface area contributed by atoms with Crippen molar-refractivity contribution >= 4 is 35.2 Å².